The monoisotopic (exact) mass is 498 g/mol. The van der Waals surface area contributed by atoms with E-state index in [1.54, 1.807) is 12.1 Å². The van der Waals surface area contributed by atoms with Crippen LogP contribution >= 0.6 is 11.6 Å². The van der Waals surface area contributed by atoms with E-state index in [9.17, 15) is 13.2 Å². The van der Waals surface area contributed by atoms with Gasteiger partial charge in [-0.25, -0.2) is 8.42 Å². The molecule has 6 nitrogen and oxygen atoms in total. The van der Waals surface area contributed by atoms with Gasteiger partial charge in [0, 0.05) is 23.8 Å². The fourth-order valence-corrected chi connectivity index (χ4v) is 5.41. The third-order valence-electron chi connectivity index (χ3n) is 5.84. The number of carbonyl (C=O) groups excluding carboxylic acids is 1. The van der Waals surface area contributed by atoms with Crippen LogP contribution < -0.4 is 10.1 Å². The van der Waals surface area contributed by atoms with E-state index in [-0.39, 0.29) is 24.0 Å². The average molecular weight is 499 g/mol. The Morgan fingerprint density at radius 3 is 2.41 bits per heavy atom. The molecule has 0 saturated carbocycles. The molecule has 178 valence electrons. The van der Waals surface area contributed by atoms with Crippen LogP contribution in [0.1, 0.15) is 36.5 Å². The smallest absolute Gasteiger partial charge is 0.262 e. The quantitative estimate of drug-likeness (QED) is 0.484. The van der Waals surface area contributed by atoms with E-state index < -0.39 is 10.0 Å². The molecule has 0 unspecified atom stereocenters. The first-order valence-electron chi connectivity index (χ1n) is 11.1. The van der Waals surface area contributed by atoms with Gasteiger partial charge in [-0.05, 0) is 77.6 Å². The predicted octanol–water partition coefficient (Wildman–Crippen LogP) is 5.23. The second kappa shape index (κ2) is 10.2. The van der Waals surface area contributed by atoms with Crippen molar-refractivity contribution in [2.45, 2.75) is 37.6 Å². The SMILES string of the molecule is CC(C)c1ccc(OCC(=O)Nc2ccc3c(c2)CN(S(=O)(=O)c2ccc(Cl)cc2)CC3)cc1. The van der Waals surface area contributed by atoms with Crippen molar-refractivity contribution in [1.29, 1.82) is 0 Å². The van der Waals surface area contributed by atoms with Gasteiger partial charge in [0.15, 0.2) is 6.61 Å². The van der Waals surface area contributed by atoms with Crippen molar-refractivity contribution < 1.29 is 17.9 Å². The highest BCUT2D eigenvalue weighted by Crippen LogP contribution is 2.28. The van der Waals surface area contributed by atoms with Crippen molar-refractivity contribution >= 4 is 33.2 Å². The van der Waals surface area contributed by atoms with E-state index in [4.69, 9.17) is 16.3 Å². The summed E-state index contributed by atoms with van der Waals surface area (Å²) < 4.78 is 33.1. The molecule has 1 N–H and O–H groups in total. The number of anilines is 1. The molecule has 8 heteroatoms. The number of hydrogen-bond donors (Lipinski definition) is 1. The molecule has 0 bridgehead atoms. The number of nitrogens with one attached hydrogen (secondary N) is 1. The van der Waals surface area contributed by atoms with Gasteiger partial charge in [0.05, 0.1) is 4.90 Å². The molecule has 0 atom stereocenters. The number of rotatable bonds is 7. The van der Waals surface area contributed by atoms with Gasteiger partial charge in [-0.15, -0.1) is 0 Å². The minimum Gasteiger partial charge on any atom is -0.484 e. The van der Waals surface area contributed by atoms with Crippen LogP contribution in [-0.2, 0) is 27.8 Å². The minimum atomic E-state index is -3.64. The zero-order valence-electron chi connectivity index (χ0n) is 19.1. The number of carbonyl (C=O) groups is 1. The molecule has 0 aromatic heterocycles. The lowest BCUT2D eigenvalue weighted by atomic mass is 10.0. The van der Waals surface area contributed by atoms with Crippen LogP contribution in [0.25, 0.3) is 0 Å². The molecule has 4 rings (SSSR count). The summed E-state index contributed by atoms with van der Waals surface area (Å²) in [7, 11) is -3.64. The highest BCUT2D eigenvalue weighted by molar-refractivity contribution is 7.89. The van der Waals surface area contributed by atoms with Gasteiger partial charge in [-0.2, -0.15) is 4.31 Å². The zero-order valence-corrected chi connectivity index (χ0v) is 20.7. The summed E-state index contributed by atoms with van der Waals surface area (Å²) in [6.07, 6.45) is 0.603. The summed E-state index contributed by atoms with van der Waals surface area (Å²) in [5.41, 5.74) is 3.75. The van der Waals surface area contributed by atoms with Gasteiger partial charge in [-0.3, -0.25) is 4.79 Å². The molecule has 1 aliphatic rings. The lowest BCUT2D eigenvalue weighted by Gasteiger charge is -2.28. The maximum atomic E-state index is 13.0. The number of amides is 1. The van der Waals surface area contributed by atoms with E-state index in [1.807, 2.05) is 42.5 Å². The first-order valence-corrected chi connectivity index (χ1v) is 12.9. The molecule has 0 spiro atoms. The highest BCUT2D eigenvalue weighted by atomic mass is 35.5. The van der Waals surface area contributed by atoms with Crippen LogP contribution in [0, 0.1) is 0 Å². The average Bonchev–Trinajstić information content (AvgIpc) is 2.83. The third-order valence-corrected chi connectivity index (χ3v) is 7.95. The normalized spacial score (nSPS) is 14.0. The number of sulfonamides is 1. The first kappa shape index (κ1) is 24.3. The lowest BCUT2D eigenvalue weighted by molar-refractivity contribution is -0.118. The van der Waals surface area contributed by atoms with Crippen molar-refractivity contribution in [2.24, 2.45) is 0 Å². The molecule has 1 amide bonds. The minimum absolute atomic E-state index is 0.116. The Balaban J connectivity index is 1.39. The van der Waals surface area contributed by atoms with Crippen LogP contribution in [0.3, 0.4) is 0 Å². The number of hydrogen-bond acceptors (Lipinski definition) is 4. The molecule has 1 aliphatic heterocycles. The Morgan fingerprint density at radius 2 is 1.74 bits per heavy atom. The lowest BCUT2D eigenvalue weighted by Crippen LogP contribution is -2.36. The van der Waals surface area contributed by atoms with Gasteiger partial charge < -0.3 is 10.1 Å². The number of ether oxygens (including phenoxy) is 1. The summed E-state index contributed by atoms with van der Waals surface area (Å²) in [6.45, 7) is 4.76. The molecule has 34 heavy (non-hydrogen) atoms. The summed E-state index contributed by atoms with van der Waals surface area (Å²) >= 11 is 5.90. The fourth-order valence-electron chi connectivity index (χ4n) is 3.86. The maximum Gasteiger partial charge on any atom is 0.262 e. The van der Waals surface area contributed by atoms with E-state index in [0.717, 1.165) is 11.1 Å². The van der Waals surface area contributed by atoms with E-state index in [0.29, 0.717) is 35.3 Å². The molecular formula is C26H27ClN2O4S. The van der Waals surface area contributed by atoms with Crippen LogP contribution in [0.5, 0.6) is 5.75 Å². The van der Waals surface area contributed by atoms with E-state index in [2.05, 4.69) is 19.2 Å². The van der Waals surface area contributed by atoms with Crippen molar-refractivity contribution in [2.75, 3.05) is 18.5 Å². The zero-order chi connectivity index (χ0) is 24.3. The van der Waals surface area contributed by atoms with Gasteiger partial charge >= 0.3 is 0 Å². The van der Waals surface area contributed by atoms with Gasteiger partial charge in [0.2, 0.25) is 10.0 Å². The highest BCUT2D eigenvalue weighted by Gasteiger charge is 2.28. The Kier molecular flexibility index (Phi) is 7.26. The van der Waals surface area contributed by atoms with Crippen molar-refractivity contribution in [3.63, 3.8) is 0 Å². The van der Waals surface area contributed by atoms with Crippen LogP contribution in [0.15, 0.2) is 71.6 Å². The van der Waals surface area contributed by atoms with Gasteiger partial charge in [0.25, 0.3) is 5.91 Å². The standard InChI is InChI=1S/C26H27ClN2O4S/c1-18(2)19-4-9-24(10-5-19)33-17-26(30)28-23-8-3-20-13-14-29(16-21(20)15-23)34(31,32)25-11-6-22(27)7-12-25/h3-12,15,18H,13-14,16-17H2,1-2H3,(H,28,30). The summed E-state index contributed by atoms with van der Waals surface area (Å²) in [4.78, 5) is 12.6. The molecule has 0 aliphatic carbocycles. The second-order valence-corrected chi connectivity index (χ2v) is 11.0. The Labute approximate surface area is 205 Å². The topological polar surface area (TPSA) is 75.7 Å². The van der Waals surface area contributed by atoms with Crippen molar-refractivity contribution in [1.82, 2.24) is 4.31 Å². The number of nitrogens with zero attached hydrogens (tertiary/aromatic N) is 1. The number of fused-ring (bicyclic) bond motifs is 1. The second-order valence-electron chi connectivity index (χ2n) is 8.59. The predicted molar refractivity (Wildman–Crippen MR) is 134 cm³/mol. The van der Waals surface area contributed by atoms with Crippen molar-refractivity contribution in [3.8, 4) is 5.75 Å². The Morgan fingerprint density at radius 1 is 1.03 bits per heavy atom. The molecular weight excluding hydrogens is 472 g/mol. The van der Waals surface area contributed by atoms with Crippen LogP contribution in [0.2, 0.25) is 5.02 Å². The summed E-state index contributed by atoms with van der Waals surface area (Å²) in [5.74, 6) is 0.779. The Hall–Kier alpha value is -2.87. The number of halogens is 1. The fraction of sp³-hybridized carbons (Fsp3) is 0.269. The van der Waals surface area contributed by atoms with Crippen LogP contribution in [0.4, 0.5) is 5.69 Å². The molecule has 0 fully saturated rings. The molecule has 3 aromatic carbocycles. The Bertz CT molecular complexity index is 1270. The van der Waals surface area contributed by atoms with Gasteiger partial charge in [-0.1, -0.05) is 43.6 Å². The molecule has 0 saturated heterocycles. The first-order chi connectivity index (χ1) is 16.2. The molecule has 1 heterocycles. The third kappa shape index (κ3) is 5.60. The van der Waals surface area contributed by atoms with Crippen LogP contribution in [-0.4, -0.2) is 31.8 Å². The summed E-state index contributed by atoms with van der Waals surface area (Å²) in [5, 5.41) is 3.32. The largest absolute Gasteiger partial charge is 0.484 e. The summed E-state index contributed by atoms with van der Waals surface area (Å²) in [6, 6.07) is 19.5. The number of benzene rings is 3. The maximum absolute atomic E-state index is 13.0. The van der Waals surface area contributed by atoms with Crippen molar-refractivity contribution in [3.05, 3.63) is 88.4 Å². The molecule has 3 aromatic rings. The van der Waals surface area contributed by atoms with Gasteiger partial charge in [0.1, 0.15) is 5.75 Å². The molecule has 0 radical (unpaired) electrons. The van der Waals surface area contributed by atoms with E-state index in [1.165, 1.54) is 22.0 Å². The van der Waals surface area contributed by atoms with E-state index >= 15 is 0 Å².